The van der Waals surface area contributed by atoms with E-state index in [1.165, 1.54) is 18.2 Å². The average Bonchev–Trinajstić information content (AvgIpc) is 3.07. The number of hydrogen-bond donors (Lipinski definition) is 1. The van der Waals surface area contributed by atoms with Crippen LogP contribution in [-0.4, -0.2) is 54.1 Å². The lowest BCUT2D eigenvalue weighted by Crippen LogP contribution is -2.55. The Labute approximate surface area is 165 Å². The normalized spacial score (nSPS) is 15.9. The van der Waals surface area contributed by atoms with Crippen LogP contribution in [0.5, 0.6) is 0 Å². The van der Waals surface area contributed by atoms with Gasteiger partial charge in [0.15, 0.2) is 5.58 Å². The van der Waals surface area contributed by atoms with E-state index in [-0.39, 0.29) is 17.0 Å². The van der Waals surface area contributed by atoms with Gasteiger partial charge in [-0.2, -0.15) is 4.31 Å². The summed E-state index contributed by atoms with van der Waals surface area (Å²) in [4.78, 5) is 39.5. The lowest BCUT2D eigenvalue weighted by molar-refractivity contribution is -0.149. The van der Waals surface area contributed by atoms with Crippen molar-refractivity contribution in [1.29, 1.82) is 0 Å². The third-order valence-corrected chi connectivity index (χ3v) is 6.51. The van der Waals surface area contributed by atoms with Crippen LogP contribution in [0.1, 0.15) is 5.56 Å². The molecule has 1 saturated heterocycles. The molecule has 0 unspecified atom stereocenters. The zero-order chi connectivity index (χ0) is 20.6. The van der Waals surface area contributed by atoms with Crippen molar-refractivity contribution in [3.8, 4) is 0 Å². The Morgan fingerprint density at radius 3 is 2.34 bits per heavy atom. The zero-order valence-electron chi connectivity index (χ0n) is 15.2. The summed E-state index contributed by atoms with van der Waals surface area (Å²) in [7, 11) is -4.11. The van der Waals surface area contributed by atoms with Gasteiger partial charge in [-0.3, -0.25) is 19.5 Å². The highest BCUT2D eigenvalue weighted by molar-refractivity contribution is 7.89. The number of H-pyrrole nitrogens is 1. The van der Waals surface area contributed by atoms with Gasteiger partial charge in [0.25, 0.3) is 0 Å². The fourth-order valence-electron chi connectivity index (χ4n) is 3.21. The van der Waals surface area contributed by atoms with E-state index in [0.29, 0.717) is 11.9 Å². The van der Waals surface area contributed by atoms with E-state index in [9.17, 15) is 22.8 Å². The molecule has 0 spiro atoms. The minimum atomic E-state index is -4.11. The first kappa shape index (κ1) is 19.1. The first-order chi connectivity index (χ1) is 13.8. The quantitative estimate of drug-likeness (QED) is 0.613. The fourth-order valence-corrected chi connectivity index (χ4v) is 4.56. The minimum absolute atomic E-state index is 0.0789. The van der Waals surface area contributed by atoms with Gasteiger partial charge in [-0.15, -0.1) is 0 Å². The number of rotatable bonds is 5. The largest absolute Gasteiger partial charge is 0.417 e. The van der Waals surface area contributed by atoms with Gasteiger partial charge in [0.05, 0.1) is 23.5 Å². The van der Waals surface area contributed by atoms with Crippen LogP contribution >= 0.6 is 0 Å². The van der Waals surface area contributed by atoms with E-state index in [0.717, 1.165) is 14.8 Å². The molecule has 1 aliphatic heterocycles. The first-order valence-corrected chi connectivity index (χ1v) is 10.3. The molecule has 1 N–H and O–H groups in total. The highest BCUT2D eigenvalue weighted by Crippen LogP contribution is 2.22. The smallest absolute Gasteiger partial charge is 0.408 e. The third-order valence-electron chi connectivity index (χ3n) is 4.72. The number of oxazole rings is 1. The molecule has 0 saturated carbocycles. The number of nitrogens with one attached hydrogen (secondary N) is 1. The number of benzene rings is 2. The molecule has 9 nitrogen and oxygen atoms in total. The Balaban J connectivity index is 1.51. The van der Waals surface area contributed by atoms with Crippen molar-refractivity contribution in [2.24, 2.45) is 0 Å². The third kappa shape index (κ3) is 3.71. The Kier molecular flexibility index (Phi) is 4.81. The number of aromatic amines is 1. The molecule has 1 fully saturated rings. The van der Waals surface area contributed by atoms with Crippen molar-refractivity contribution in [3.63, 3.8) is 0 Å². The highest BCUT2D eigenvalue weighted by atomic mass is 32.2. The summed E-state index contributed by atoms with van der Waals surface area (Å²) in [5, 5.41) is 0. The number of hydrogen-bond acceptors (Lipinski definition) is 6. The maximum Gasteiger partial charge on any atom is 0.417 e. The molecule has 4 rings (SSSR count). The maximum atomic E-state index is 12.9. The number of carbonyl (C=O) groups excluding carboxylic acids is 2. The molecular weight excluding hydrogens is 398 g/mol. The molecule has 2 aromatic carbocycles. The van der Waals surface area contributed by atoms with E-state index in [4.69, 9.17) is 4.42 Å². The van der Waals surface area contributed by atoms with Gasteiger partial charge in [0, 0.05) is 12.6 Å². The SMILES string of the molecule is O=C1CN(S(=O)(=O)c2ccc3[nH]c(=O)oc3c2)CC(=O)N1CCc1ccccc1. The number of piperazine rings is 1. The lowest BCUT2D eigenvalue weighted by atomic mass is 10.1. The second-order valence-electron chi connectivity index (χ2n) is 6.62. The number of aromatic nitrogens is 1. The van der Waals surface area contributed by atoms with Gasteiger partial charge >= 0.3 is 5.76 Å². The topological polar surface area (TPSA) is 121 Å². The van der Waals surface area contributed by atoms with Crippen molar-refractivity contribution < 1.29 is 22.4 Å². The van der Waals surface area contributed by atoms with Gasteiger partial charge in [-0.25, -0.2) is 13.2 Å². The minimum Gasteiger partial charge on any atom is -0.408 e. The standard InChI is InChI=1S/C19H17N3O6S/c23-17-11-21(12-18(24)22(17)9-8-13-4-2-1-3-5-13)29(26,27)14-6-7-15-16(10-14)28-19(25)20-15/h1-7,10H,8-9,11-12H2,(H,20,25). The van der Waals surface area contributed by atoms with Crippen LogP contribution in [0.3, 0.4) is 0 Å². The lowest BCUT2D eigenvalue weighted by Gasteiger charge is -2.32. The maximum absolute atomic E-state index is 12.9. The summed E-state index contributed by atoms with van der Waals surface area (Å²) in [5.74, 6) is -1.85. The number of sulfonamides is 1. The molecule has 1 aliphatic rings. The Morgan fingerprint density at radius 2 is 1.66 bits per heavy atom. The number of fused-ring (bicyclic) bond motifs is 1. The van der Waals surface area contributed by atoms with E-state index < -0.39 is 40.7 Å². The summed E-state index contributed by atoms with van der Waals surface area (Å²) >= 11 is 0. The molecular formula is C19H17N3O6S. The fraction of sp³-hybridized carbons (Fsp3) is 0.211. The number of nitrogens with zero attached hydrogens (tertiary/aromatic N) is 2. The number of imide groups is 1. The van der Waals surface area contributed by atoms with E-state index in [1.807, 2.05) is 30.3 Å². The number of carbonyl (C=O) groups is 2. The molecule has 1 aromatic heterocycles. The monoisotopic (exact) mass is 415 g/mol. The summed E-state index contributed by atoms with van der Waals surface area (Å²) < 4.78 is 31.5. The molecule has 0 bridgehead atoms. The molecule has 0 radical (unpaired) electrons. The van der Waals surface area contributed by atoms with E-state index in [2.05, 4.69) is 4.98 Å². The molecule has 29 heavy (non-hydrogen) atoms. The zero-order valence-corrected chi connectivity index (χ0v) is 16.0. The average molecular weight is 415 g/mol. The van der Waals surface area contributed by atoms with Crippen LogP contribution in [0.4, 0.5) is 0 Å². The number of amides is 2. The van der Waals surface area contributed by atoms with Crippen molar-refractivity contribution in [3.05, 3.63) is 64.6 Å². The summed E-state index contributed by atoms with van der Waals surface area (Å²) in [6, 6.07) is 13.3. The van der Waals surface area contributed by atoms with Crippen LogP contribution in [0, 0.1) is 0 Å². The van der Waals surface area contributed by atoms with E-state index >= 15 is 0 Å². The van der Waals surface area contributed by atoms with Crippen molar-refractivity contribution in [1.82, 2.24) is 14.2 Å². The summed E-state index contributed by atoms with van der Waals surface area (Å²) in [6.45, 7) is -0.675. The van der Waals surface area contributed by atoms with Gasteiger partial charge in [-0.1, -0.05) is 30.3 Å². The molecule has 0 aliphatic carbocycles. The van der Waals surface area contributed by atoms with Crippen LogP contribution < -0.4 is 5.76 Å². The highest BCUT2D eigenvalue weighted by Gasteiger charge is 2.37. The van der Waals surface area contributed by atoms with Gasteiger partial charge in [-0.05, 0) is 24.1 Å². The molecule has 3 aromatic rings. The molecule has 0 atom stereocenters. The predicted octanol–water partition coefficient (Wildman–Crippen LogP) is 0.723. The predicted molar refractivity (Wildman–Crippen MR) is 102 cm³/mol. The molecule has 150 valence electrons. The molecule has 2 heterocycles. The Hall–Kier alpha value is -3.24. The second kappa shape index (κ2) is 7.30. The second-order valence-corrected chi connectivity index (χ2v) is 8.56. The Morgan fingerprint density at radius 1 is 0.966 bits per heavy atom. The van der Waals surface area contributed by atoms with Crippen LogP contribution in [0.15, 0.2) is 62.6 Å². The van der Waals surface area contributed by atoms with Crippen LogP contribution in [0.25, 0.3) is 11.1 Å². The Bertz CT molecular complexity index is 1230. The van der Waals surface area contributed by atoms with Crippen LogP contribution in [0.2, 0.25) is 0 Å². The summed E-state index contributed by atoms with van der Waals surface area (Å²) in [5.41, 5.74) is 1.41. The van der Waals surface area contributed by atoms with E-state index in [1.54, 1.807) is 0 Å². The summed E-state index contributed by atoms with van der Waals surface area (Å²) in [6.07, 6.45) is 0.494. The molecule has 2 amide bonds. The van der Waals surface area contributed by atoms with Gasteiger partial charge in [0.2, 0.25) is 21.8 Å². The van der Waals surface area contributed by atoms with Crippen molar-refractivity contribution >= 4 is 32.9 Å². The van der Waals surface area contributed by atoms with Gasteiger partial charge in [0.1, 0.15) is 0 Å². The van der Waals surface area contributed by atoms with Gasteiger partial charge < -0.3 is 4.42 Å². The van der Waals surface area contributed by atoms with Crippen molar-refractivity contribution in [2.75, 3.05) is 19.6 Å². The molecule has 10 heteroatoms. The van der Waals surface area contributed by atoms with Crippen LogP contribution in [-0.2, 0) is 26.0 Å². The van der Waals surface area contributed by atoms with Crippen molar-refractivity contribution in [2.45, 2.75) is 11.3 Å². The first-order valence-electron chi connectivity index (χ1n) is 8.85.